The van der Waals surface area contributed by atoms with E-state index in [-0.39, 0.29) is 0 Å². The Kier molecular flexibility index (Phi) is 4.03. The van der Waals surface area contributed by atoms with Crippen LogP contribution in [0.3, 0.4) is 0 Å². The molecule has 2 aromatic heterocycles. The van der Waals surface area contributed by atoms with Crippen molar-refractivity contribution in [2.45, 2.75) is 6.92 Å². The molecule has 2 heterocycles. The Hall–Kier alpha value is -2.99. The van der Waals surface area contributed by atoms with Gasteiger partial charge in [-0.3, -0.25) is 0 Å². The fraction of sp³-hybridized carbons (Fsp3) is 0.105. The molecule has 6 heteroatoms. The molecule has 0 atom stereocenters. The highest BCUT2D eigenvalue weighted by atomic mass is 32.1. The molecule has 124 valence electrons. The molecule has 0 fully saturated rings. The second-order valence-electron chi connectivity index (χ2n) is 5.48. The van der Waals surface area contributed by atoms with E-state index < -0.39 is 0 Å². The molecule has 5 nitrogen and oxygen atoms in total. The highest BCUT2D eigenvalue weighted by molar-refractivity contribution is 7.09. The molecule has 0 saturated heterocycles. The van der Waals surface area contributed by atoms with Gasteiger partial charge in [-0.15, -0.1) is 11.3 Å². The molecular weight excluding hydrogens is 334 g/mol. The Balaban J connectivity index is 1.59. The summed E-state index contributed by atoms with van der Waals surface area (Å²) >= 11 is 1.64. The van der Waals surface area contributed by atoms with Crippen molar-refractivity contribution in [2.24, 2.45) is 0 Å². The molecule has 25 heavy (non-hydrogen) atoms. The third-order valence-corrected chi connectivity index (χ3v) is 4.59. The molecule has 0 aliphatic rings. The largest absolute Gasteiger partial charge is 0.497 e. The maximum Gasteiger partial charge on any atom is 0.258 e. The Morgan fingerprint density at radius 2 is 1.56 bits per heavy atom. The van der Waals surface area contributed by atoms with Crippen molar-refractivity contribution < 1.29 is 9.26 Å². The molecule has 2 aromatic carbocycles. The summed E-state index contributed by atoms with van der Waals surface area (Å²) in [5.41, 5.74) is 3.82. The average Bonchev–Trinajstić information content (AvgIpc) is 3.31. The molecule has 0 aliphatic heterocycles. The van der Waals surface area contributed by atoms with Crippen LogP contribution in [-0.4, -0.2) is 22.2 Å². The third kappa shape index (κ3) is 3.16. The lowest BCUT2D eigenvalue weighted by atomic mass is 10.1. The monoisotopic (exact) mass is 349 g/mol. The Morgan fingerprint density at radius 1 is 0.880 bits per heavy atom. The summed E-state index contributed by atoms with van der Waals surface area (Å²) in [5.74, 6) is 1.83. The third-order valence-electron chi connectivity index (χ3n) is 3.82. The van der Waals surface area contributed by atoms with Gasteiger partial charge >= 0.3 is 0 Å². The second kappa shape index (κ2) is 6.49. The van der Waals surface area contributed by atoms with Crippen LogP contribution in [0.1, 0.15) is 5.01 Å². The molecule has 0 spiro atoms. The van der Waals surface area contributed by atoms with E-state index in [0.29, 0.717) is 11.7 Å². The van der Waals surface area contributed by atoms with Crippen molar-refractivity contribution in [3.8, 4) is 39.8 Å². The Labute approximate surface area is 148 Å². The number of nitrogens with zero attached hydrogens (tertiary/aromatic N) is 3. The van der Waals surface area contributed by atoms with Gasteiger partial charge in [-0.25, -0.2) is 4.98 Å². The predicted octanol–water partition coefficient (Wildman–Crippen LogP) is 4.84. The fourth-order valence-electron chi connectivity index (χ4n) is 2.48. The topological polar surface area (TPSA) is 61.0 Å². The van der Waals surface area contributed by atoms with E-state index in [2.05, 4.69) is 20.5 Å². The van der Waals surface area contributed by atoms with Gasteiger partial charge in [-0.2, -0.15) is 4.98 Å². The number of ether oxygens (including phenoxy) is 1. The quantitative estimate of drug-likeness (QED) is 0.527. The van der Waals surface area contributed by atoms with Crippen LogP contribution >= 0.6 is 11.3 Å². The van der Waals surface area contributed by atoms with Crippen molar-refractivity contribution >= 4 is 11.3 Å². The van der Waals surface area contributed by atoms with Crippen LogP contribution in [0, 0.1) is 6.92 Å². The predicted molar refractivity (Wildman–Crippen MR) is 97.6 cm³/mol. The summed E-state index contributed by atoms with van der Waals surface area (Å²) in [6, 6.07) is 15.5. The molecule has 0 N–H and O–H groups in total. The SMILES string of the molecule is COc1ccc(-c2nc(-c3ccc(-c4csc(C)n4)cc3)no2)cc1. The van der Waals surface area contributed by atoms with Crippen LogP contribution in [0.4, 0.5) is 0 Å². The minimum absolute atomic E-state index is 0.483. The minimum atomic E-state index is 0.483. The zero-order valence-electron chi connectivity index (χ0n) is 13.8. The van der Waals surface area contributed by atoms with Gasteiger partial charge in [0.05, 0.1) is 17.8 Å². The van der Waals surface area contributed by atoms with E-state index >= 15 is 0 Å². The van der Waals surface area contributed by atoms with Gasteiger partial charge < -0.3 is 9.26 Å². The van der Waals surface area contributed by atoms with Crippen molar-refractivity contribution in [1.82, 2.24) is 15.1 Å². The van der Waals surface area contributed by atoms with Crippen LogP contribution in [0.25, 0.3) is 34.1 Å². The smallest absolute Gasteiger partial charge is 0.258 e. The number of hydrogen-bond donors (Lipinski definition) is 0. The van der Waals surface area contributed by atoms with Crippen molar-refractivity contribution in [3.05, 3.63) is 58.9 Å². The zero-order valence-corrected chi connectivity index (χ0v) is 14.6. The molecule has 4 rings (SSSR count). The highest BCUT2D eigenvalue weighted by Crippen LogP contribution is 2.27. The summed E-state index contributed by atoms with van der Waals surface area (Å²) in [4.78, 5) is 8.98. The first-order valence-corrected chi connectivity index (χ1v) is 8.62. The van der Waals surface area contributed by atoms with E-state index in [0.717, 1.165) is 33.1 Å². The lowest BCUT2D eigenvalue weighted by molar-refractivity contribution is 0.414. The van der Waals surface area contributed by atoms with Crippen LogP contribution in [-0.2, 0) is 0 Å². The van der Waals surface area contributed by atoms with E-state index in [1.165, 1.54) is 0 Å². The van der Waals surface area contributed by atoms with E-state index in [1.807, 2.05) is 55.5 Å². The summed E-state index contributed by atoms with van der Waals surface area (Å²) in [7, 11) is 1.64. The Bertz CT molecular complexity index is 988. The van der Waals surface area contributed by atoms with Gasteiger partial charge in [0.15, 0.2) is 0 Å². The average molecular weight is 349 g/mol. The van der Waals surface area contributed by atoms with Gasteiger partial charge in [-0.1, -0.05) is 29.4 Å². The molecule has 0 radical (unpaired) electrons. The first-order chi connectivity index (χ1) is 12.2. The van der Waals surface area contributed by atoms with Crippen molar-refractivity contribution in [2.75, 3.05) is 7.11 Å². The normalized spacial score (nSPS) is 10.8. The van der Waals surface area contributed by atoms with Crippen LogP contribution in [0.2, 0.25) is 0 Å². The molecule has 0 bridgehead atoms. The number of thiazole rings is 1. The lowest BCUT2D eigenvalue weighted by Crippen LogP contribution is -1.84. The second-order valence-corrected chi connectivity index (χ2v) is 6.54. The summed E-state index contributed by atoms with van der Waals surface area (Å²) in [6.45, 7) is 2.00. The minimum Gasteiger partial charge on any atom is -0.497 e. The van der Waals surface area contributed by atoms with Crippen molar-refractivity contribution in [1.29, 1.82) is 0 Å². The maximum atomic E-state index is 5.38. The molecule has 0 aliphatic carbocycles. The lowest BCUT2D eigenvalue weighted by Gasteiger charge is -1.99. The maximum absolute atomic E-state index is 5.38. The van der Waals surface area contributed by atoms with Gasteiger partial charge in [0, 0.05) is 22.1 Å². The van der Waals surface area contributed by atoms with Crippen molar-refractivity contribution in [3.63, 3.8) is 0 Å². The fourth-order valence-corrected chi connectivity index (χ4v) is 3.10. The number of aromatic nitrogens is 3. The first kappa shape index (κ1) is 15.5. The number of rotatable bonds is 4. The van der Waals surface area contributed by atoms with E-state index in [4.69, 9.17) is 9.26 Å². The molecule has 4 aromatic rings. The number of hydrogen-bond acceptors (Lipinski definition) is 6. The summed E-state index contributed by atoms with van der Waals surface area (Å²) in [5, 5.41) is 7.19. The summed E-state index contributed by atoms with van der Waals surface area (Å²) in [6.07, 6.45) is 0. The van der Waals surface area contributed by atoms with Crippen LogP contribution < -0.4 is 4.74 Å². The standard InChI is InChI=1S/C19H15N3O2S/c1-12-20-17(11-25-12)13-3-5-14(6-4-13)18-21-19(24-22-18)15-7-9-16(23-2)10-8-15/h3-11H,1-2H3. The molecule has 0 unspecified atom stereocenters. The van der Waals surface area contributed by atoms with Gasteiger partial charge in [0.25, 0.3) is 5.89 Å². The molecule has 0 amide bonds. The van der Waals surface area contributed by atoms with Crippen LogP contribution in [0.15, 0.2) is 58.4 Å². The van der Waals surface area contributed by atoms with Gasteiger partial charge in [0.2, 0.25) is 5.82 Å². The first-order valence-electron chi connectivity index (χ1n) is 7.74. The number of methoxy groups -OCH3 is 1. The zero-order chi connectivity index (χ0) is 17.2. The van der Waals surface area contributed by atoms with Crippen LogP contribution in [0.5, 0.6) is 5.75 Å². The number of benzene rings is 2. The number of aryl methyl sites for hydroxylation is 1. The molecular formula is C19H15N3O2S. The van der Waals surface area contributed by atoms with E-state index in [1.54, 1.807) is 18.4 Å². The summed E-state index contributed by atoms with van der Waals surface area (Å²) < 4.78 is 10.5. The van der Waals surface area contributed by atoms with Gasteiger partial charge in [0.1, 0.15) is 5.75 Å². The molecule has 0 saturated carbocycles. The van der Waals surface area contributed by atoms with Gasteiger partial charge in [-0.05, 0) is 31.2 Å². The Morgan fingerprint density at radius 3 is 2.20 bits per heavy atom. The highest BCUT2D eigenvalue weighted by Gasteiger charge is 2.11. The van der Waals surface area contributed by atoms with E-state index in [9.17, 15) is 0 Å².